The third-order valence-electron chi connectivity index (χ3n) is 3.33. The Kier molecular flexibility index (Phi) is 4.80. The molecule has 0 aromatic rings. The van der Waals surface area contributed by atoms with Gasteiger partial charge in [-0.25, -0.2) is 4.79 Å². The Hall–Kier alpha value is -0.770. The van der Waals surface area contributed by atoms with Crippen molar-refractivity contribution >= 4 is 6.09 Å². The molecule has 0 aliphatic heterocycles. The highest BCUT2D eigenvalue weighted by Gasteiger charge is 2.28. The van der Waals surface area contributed by atoms with E-state index in [-0.39, 0.29) is 12.1 Å². The van der Waals surface area contributed by atoms with Crippen molar-refractivity contribution in [3.05, 3.63) is 0 Å². The number of ether oxygens (including phenoxy) is 1. The summed E-state index contributed by atoms with van der Waals surface area (Å²) in [6, 6.07) is 0.107. The molecule has 0 aromatic heterocycles. The lowest BCUT2D eigenvalue weighted by Crippen LogP contribution is -2.45. The van der Waals surface area contributed by atoms with Gasteiger partial charge in [-0.2, -0.15) is 0 Å². The van der Waals surface area contributed by atoms with Crippen molar-refractivity contribution in [1.82, 2.24) is 4.90 Å². The third-order valence-corrected chi connectivity index (χ3v) is 3.33. The van der Waals surface area contributed by atoms with E-state index in [2.05, 4.69) is 0 Å². The molecule has 2 N–H and O–H groups in total. The third kappa shape index (κ3) is 4.54. The zero-order valence-electron chi connectivity index (χ0n) is 11.5. The van der Waals surface area contributed by atoms with Crippen LogP contribution < -0.4 is 5.73 Å². The smallest absolute Gasteiger partial charge is 0.410 e. The molecule has 1 aliphatic carbocycles. The normalized spacial score (nSPS) is 18.4. The molecule has 100 valence electrons. The number of carbonyl (C=O) groups is 1. The predicted octanol–water partition coefficient (Wildman–Crippen LogP) is 2.37. The van der Waals surface area contributed by atoms with Gasteiger partial charge in [-0.15, -0.1) is 0 Å². The van der Waals surface area contributed by atoms with Crippen LogP contribution in [-0.2, 0) is 4.74 Å². The molecular formula is C13H26N2O2. The summed E-state index contributed by atoms with van der Waals surface area (Å²) in [6.45, 7) is 6.14. The van der Waals surface area contributed by atoms with E-state index in [0.29, 0.717) is 6.54 Å². The van der Waals surface area contributed by atoms with Crippen LogP contribution in [0.2, 0.25) is 0 Å². The molecule has 4 heteroatoms. The lowest BCUT2D eigenvalue weighted by Gasteiger charge is -2.34. The second-order valence-electron chi connectivity index (χ2n) is 6.01. The maximum Gasteiger partial charge on any atom is 0.410 e. The van der Waals surface area contributed by atoms with Gasteiger partial charge in [0.25, 0.3) is 0 Å². The first-order chi connectivity index (χ1) is 7.83. The van der Waals surface area contributed by atoms with Crippen LogP contribution >= 0.6 is 0 Å². The molecule has 0 bridgehead atoms. The van der Waals surface area contributed by atoms with Crippen molar-refractivity contribution in [1.29, 1.82) is 0 Å². The summed E-state index contributed by atoms with van der Waals surface area (Å²) >= 11 is 0. The summed E-state index contributed by atoms with van der Waals surface area (Å²) in [4.78, 5) is 13.6. The minimum Gasteiger partial charge on any atom is -0.444 e. The molecule has 17 heavy (non-hydrogen) atoms. The Labute approximate surface area is 104 Å². The molecule has 1 amide bonds. The predicted molar refractivity (Wildman–Crippen MR) is 68.8 cm³/mol. The van der Waals surface area contributed by atoms with Gasteiger partial charge in [0.1, 0.15) is 5.60 Å². The highest BCUT2D eigenvalue weighted by Crippen LogP contribution is 2.31. The molecule has 1 rings (SSSR count). The van der Waals surface area contributed by atoms with Crippen molar-refractivity contribution in [2.45, 2.75) is 58.1 Å². The van der Waals surface area contributed by atoms with E-state index in [1.165, 1.54) is 19.3 Å². The number of likely N-dealkylation sites (N-methyl/N-ethyl adjacent to an activating group) is 1. The van der Waals surface area contributed by atoms with Crippen LogP contribution in [0.15, 0.2) is 0 Å². The van der Waals surface area contributed by atoms with E-state index in [4.69, 9.17) is 10.5 Å². The first-order valence-corrected chi connectivity index (χ1v) is 6.49. The lowest BCUT2D eigenvalue weighted by molar-refractivity contribution is 0.0195. The molecular weight excluding hydrogens is 216 g/mol. The minimum absolute atomic E-state index is 0.107. The van der Waals surface area contributed by atoms with Crippen molar-refractivity contribution in [2.75, 3.05) is 13.6 Å². The number of nitrogens with two attached hydrogens (primary N) is 1. The van der Waals surface area contributed by atoms with E-state index in [1.54, 1.807) is 11.9 Å². The summed E-state index contributed by atoms with van der Waals surface area (Å²) < 4.78 is 5.35. The summed E-state index contributed by atoms with van der Waals surface area (Å²) in [5.74, 6) is 0.744. The molecule has 1 saturated carbocycles. The summed E-state index contributed by atoms with van der Waals surface area (Å²) in [5.41, 5.74) is 5.31. The quantitative estimate of drug-likeness (QED) is 0.823. The van der Waals surface area contributed by atoms with E-state index in [9.17, 15) is 4.79 Å². The van der Waals surface area contributed by atoms with Crippen LogP contribution in [0.3, 0.4) is 0 Å². The second kappa shape index (κ2) is 5.71. The fourth-order valence-corrected chi connectivity index (χ4v) is 2.01. The topological polar surface area (TPSA) is 55.6 Å². The standard InChI is InChI=1S/C13H26N2O2/c1-13(2,3)17-12(16)15(4)11(9-14)8-10-6-5-7-10/h10-11H,5-9,14H2,1-4H3. The van der Waals surface area contributed by atoms with Crippen LogP contribution in [0.25, 0.3) is 0 Å². The zero-order valence-corrected chi connectivity index (χ0v) is 11.5. The van der Waals surface area contributed by atoms with Gasteiger partial charge in [0, 0.05) is 19.6 Å². The molecule has 1 unspecified atom stereocenters. The summed E-state index contributed by atoms with van der Waals surface area (Å²) in [6.07, 6.45) is 4.61. The van der Waals surface area contributed by atoms with Gasteiger partial charge >= 0.3 is 6.09 Å². The van der Waals surface area contributed by atoms with E-state index in [0.717, 1.165) is 12.3 Å². The lowest BCUT2D eigenvalue weighted by atomic mass is 9.80. The highest BCUT2D eigenvalue weighted by molar-refractivity contribution is 5.68. The molecule has 0 heterocycles. The van der Waals surface area contributed by atoms with Crippen molar-refractivity contribution in [3.63, 3.8) is 0 Å². The number of carbonyl (C=O) groups excluding carboxylic acids is 1. The maximum atomic E-state index is 11.9. The number of hydrogen-bond acceptors (Lipinski definition) is 3. The minimum atomic E-state index is -0.443. The van der Waals surface area contributed by atoms with Gasteiger partial charge in [-0.3, -0.25) is 0 Å². The first kappa shape index (κ1) is 14.3. The van der Waals surface area contributed by atoms with Crippen LogP contribution in [-0.4, -0.2) is 36.2 Å². The van der Waals surface area contributed by atoms with Crippen molar-refractivity contribution < 1.29 is 9.53 Å². The number of hydrogen-bond donors (Lipinski definition) is 1. The van der Waals surface area contributed by atoms with Gasteiger partial charge in [-0.05, 0) is 33.1 Å². The molecule has 0 aromatic carbocycles. The Morgan fingerprint density at radius 2 is 2.06 bits per heavy atom. The Morgan fingerprint density at radius 3 is 2.41 bits per heavy atom. The first-order valence-electron chi connectivity index (χ1n) is 6.49. The molecule has 0 saturated heterocycles. The molecule has 1 aliphatic rings. The largest absolute Gasteiger partial charge is 0.444 e. The van der Waals surface area contributed by atoms with Crippen molar-refractivity contribution in [2.24, 2.45) is 11.7 Å². The second-order valence-corrected chi connectivity index (χ2v) is 6.01. The number of nitrogens with zero attached hydrogens (tertiary/aromatic N) is 1. The monoisotopic (exact) mass is 242 g/mol. The molecule has 0 radical (unpaired) electrons. The van der Waals surface area contributed by atoms with Crippen LogP contribution in [0.5, 0.6) is 0 Å². The fourth-order valence-electron chi connectivity index (χ4n) is 2.01. The van der Waals surface area contributed by atoms with E-state index >= 15 is 0 Å². The van der Waals surface area contributed by atoms with Crippen molar-refractivity contribution in [3.8, 4) is 0 Å². The van der Waals surface area contributed by atoms with E-state index in [1.807, 2.05) is 20.8 Å². The number of rotatable bonds is 4. The Morgan fingerprint density at radius 1 is 1.47 bits per heavy atom. The Balaban J connectivity index is 2.46. The number of amides is 1. The molecule has 1 fully saturated rings. The maximum absolute atomic E-state index is 11.9. The van der Waals surface area contributed by atoms with Gasteiger partial charge in [0.05, 0.1) is 0 Å². The van der Waals surface area contributed by atoms with Gasteiger partial charge in [0.15, 0.2) is 0 Å². The van der Waals surface area contributed by atoms with Gasteiger partial charge in [0.2, 0.25) is 0 Å². The summed E-state index contributed by atoms with van der Waals surface area (Å²) in [5, 5.41) is 0. The van der Waals surface area contributed by atoms with Crippen LogP contribution in [0, 0.1) is 5.92 Å². The van der Waals surface area contributed by atoms with Crippen LogP contribution in [0.4, 0.5) is 4.79 Å². The average molecular weight is 242 g/mol. The Bertz CT molecular complexity index is 257. The average Bonchev–Trinajstić information content (AvgIpc) is 2.13. The van der Waals surface area contributed by atoms with Gasteiger partial charge < -0.3 is 15.4 Å². The summed E-state index contributed by atoms with van der Waals surface area (Å²) in [7, 11) is 1.78. The SMILES string of the molecule is CN(C(=O)OC(C)(C)C)C(CN)CC1CCC1. The van der Waals surface area contributed by atoms with Gasteiger partial charge in [-0.1, -0.05) is 19.3 Å². The zero-order chi connectivity index (χ0) is 13.1. The molecule has 4 nitrogen and oxygen atoms in total. The fraction of sp³-hybridized carbons (Fsp3) is 0.923. The van der Waals surface area contributed by atoms with E-state index < -0.39 is 5.60 Å². The highest BCUT2D eigenvalue weighted by atomic mass is 16.6. The molecule has 0 spiro atoms. The van der Waals surface area contributed by atoms with Crippen LogP contribution in [0.1, 0.15) is 46.5 Å². The molecule has 1 atom stereocenters.